The second kappa shape index (κ2) is 10.5. The maximum Gasteiger partial charge on any atom is 0.435 e. The molecule has 42 heavy (non-hydrogen) atoms. The van der Waals surface area contributed by atoms with Gasteiger partial charge in [-0.05, 0) is 54.1 Å². The number of rotatable bonds is 6. The largest absolute Gasteiger partial charge is 0.493 e. The van der Waals surface area contributed by atoms with Crippen molar-refractivity contribution in [1.82, 2.24) is 9.78 Å². The van der Waals surface area contributed by atoms with E-state index in [1.54, 1.807) is 31.3 Å². The summed E-state index contributed by atoms with van der Waals surface area (Å²) in [6.45, 7) is 0.179. The normalized spacial score (nSPS) is 15.9. The first-order valence-electron chi connectivity index (χ1n) is 13.0. The number of hydrogen-bond donors (Lipinski definition) is 1. The van der Waals surface area contributed by atoms with Gasteiger partial charge in [0.2, 0.25) is 0 Å². The molecule has 0 bridgehead atoms. The standard InChI is InChI=1S/C30H24F3N3O6/c1-35(20-8-5-17-11-12-41-24(17)14-20)28(37)19-3-2-4-21(13-19)36-26-23(27(34-36)30(31,32)33)15-40-16-25(26)42-22-9-6-18(7-10-22)29(38)39/h2-10,13-14,25H,11-12,15-16H2,1H3,(H,38,39)/t25-/m1/s1. The van der Waals surface area contributed by atoms with E-state index in [0.717, 1.165) is 22.4 Å². The number of nitrogens with zero attached hydrogens (tertiary/aromatic N) is 3. The molecule has 1 aromatic heterocycles. The summed E-state index contributed by atoms with van der Waals surface area (Å²) in [4.78, 5) is 26.1. The number of carboxylic acid groups (broad SMARTS) is 1. The van der Waals surface area contributed by atoms with Gasteiger partial charge in [0.25, 0.3) is 5.91 Å². The fourth-order valence-electron chi connectivity index (χ4n) is 5.08. The number of benzene rings is 3. The SMILES string of the molecule is CN(C(=O)c1cccc(-n2nc(C(F)(F)F)c3c2[C@H](Oc2ccc(C(=O)O)cc2)COC3)c1)c1ccc2c(c1)OCC2. The third-order valence-electron chi connectivity index (χ3n) is 7.20. The van der Waals surface area contributed by atoms with Crippen LogP contribution in [0.25, 0.3) is 5.69 Å². The average molecular weight is 580 g/mol. The van der Waals surface area contributed by atoms with Crippen molar-refractivity contribution in [2.24, 2.45) is 0 Å². The first-order valence-corrected chi connectivity index (χ1v) is 13.0. The molecule has 0 saturated carbocycles. The third kappa shape index (κ3) is 5.05. The number of aromatic carboxylic acids is 1. The third-order valence-corrected chi connectivity index (χ3v) is 7.20. The summed E-state index contributed by atoms with van der Waals surface area (Å²) in [6.07, 6.45) is -4.97. The fraction of sp³-hybridized carbons (Fsp3) is 0.233. The van der Waals surface area contributed by atoms with Gasteiger partial charge in [-0.3, -0.25) is 4.79 Å². The van der Waals surface area contributed by atoms with Crippen molar-refractivity contribution in [3.63, 3.8) is 0 Å². The molecule has 0 spiro atoms. The molecule has 4 aromatic rings. The Bertz CT molecular complexity index is 1680. The van der Waals surface area contributed by atoms with E-state index in [2.05, 4.69) is 5.10 Å². The fourth-order valence-corrected chi connectivity index (χ4v) is 5.08. The predicted molar refractivity (Wildman–Crippen MR) is 143 cm³/mol. The number of amides is 1. The first kappa shape index (κ1) is 27.3. The molecule has 1 amide bonds. The zero-order valence-electron chi connectivity index (χ0n) is 22.2. The molecule has 9 nitrogen and oxygen atoms in total. The highest BCUT2D eigenvalue weighted by Gasteiger charge is 2.43. The minimum absolute atomic E-state index is 0.0335. The molecule has 12 heteroatoms. The van der Waals surface area contributed by atoms with Crippen LogP contribution in [0, 0.1) is 0 Å². The van der Waals surface area contributed by atoms with Gasteiger partial charge in [-0.15, -0.1) is 0 Å². The molecular weight excluding hydrogens is 555 g/mol. The highest BCUT2D eigenvalue weighted by molar-refractivity contribution is 6.06. The van der Waals surface area contributed by atoms with Gasteiger partial charge < -0.3 is 24.2 Å². The van der Waals surface area contributed by atoms with Crippen molar-refractivity contribution in [1.29, 1.82) is 0 Å². The van der Waals surface area contributed by atoms with Crippen LogP contribution >= 0.6 is 0 Å². The van der Waals surface area contributed by atoms with Gasteiger partial charge in [0.05, 0.1) is 36.8 Å². The van der Waals surface area contributed by atoms with Crippen LogP contribution in [0.2, 0.25) is 0 Å². The first-order chi connectivity index (χ1) is 20.1. The Balaban J connectivity index is 1.36. The summed E-state index contributed by atoms with van der Waals surface area (Å²) in [7, 11) is 1.61. The summed E-state index contributed by atoms with van der Waals surface area (Å²) < 4.78 is 60.4. The molecule has 2 aliphatic heterocycles. The summed E-state index contributed by atoms with van der Waals surface area (Å²) in [5, 5.41) is 13.1. The van der Waals surface area contributed by atoms with Crippen LogP contribution in [-0.4, -0.2) is 47.0 Å². The van der Waals surface area contributed by atoms with Crippen LogP contribution in [0.4, 0.5) is 18.9 Å². The molecule has 1 atom stereocenters. The number of fused-ring (bicyclic) bond motifs is 2. The zero-order chi connectivity index (χ0) is 29.6. The number of halogens is 3. The Kier molecular flexibility index (Phi) is 6.85. The van der Waals surface area contributed by atoms with Gasteiger partial charge in [0.1, 0.15) is 11.5 Å². The van der Waals surface area contributed by atoms with E-state index in [0.29, 0.717) is 12.3 Å². The van der Waals surface area contributed by atoms with E-state index in [1.807, 2.05) is 12.1 Å². The molecule has 0 saturated heterocycles. The molecule has 6 rings (SSSR count). The molecule has 2 aliphatic rings. The minimum atomic E-state index is -4.77. The Labute approximate surface area is 237 Å². The molecule has 0 radical (unpaired) electrons. The molecule has 3 heterocycles. The summed E-state index contributed by atoms with van der Waals surface area (Å²) >= 11 is 0. The lowest BCUT2D eigenvalue weighted by molar-refractivity contribution is -0.143. The highest BCUT2D eigenvalue weighted by atomic mass is 19.4. The molecule has 0 aliphatic carbocycles. The van der Waals surface area contributed by atoms with E-state index in [-0.39, 0.29) is 52.9 Å². The van der Waals surface area contributed by atoms with Crippen LogP contribution in [0.5, 0.6) is 11.5 Å². The lowest BCUT2D eigenvalue weighted by Crippen LogP contribution is -2.26. The molecule has 3 aromatic carbocycles. The maximum absolute atomic E-state index is 14.1. The van der Waals surface area contributed by atoms with Gasteiger partial charge in [-0.2, -0.15) is 18.3 Å². The predicted octanol–water partition coefficient (Wildman–Crippen LogP) is 5.45. The molecular formula is C30H24F3N3O6. The topological polar surface area (TPSA) is 103 Å². The maximum atomic E-state index is 14.1. The quantitative estimate of drug-likeness (QED) is 0.324. The summed E-state index contributed by atoms with van der Waals surface area (Å²) in [6, 6.07) is 17.2. The van der Waals surface area contributed by atoms with E-state index in [1.165, 1.54) is 35.2 Å². The van der Waals surface area contributed by atoms with Gasteiger partial charge in [0.15, 0.2) is 11.8 Å². The van der Waals surface area contributed by atoms with E-state index in [4.69, 9.17) is 19.3 Å². The van der Waals surface area contributed by atoms with Crippen molar-refractivity contribution in [2.45, 2.75) is 25.3 Å². The Morgan fingerprint density at radius 3 is 2.60 bits per heavy atom. The zero-order valence-corrected chi connectivity index (χ0v) is 22.2. The van der Waals surface area contributed by atoms with Gasteiger partial charge >= 0.3 is 12.1 Å². The van der Waals surface area contributed by atoms with E-state index >= 15 is 0 Å². The average Bonchev–Trinajstić information content (AvgIpc) is 3.62. The second-order valence-corrected chi connectivity index (χ2v) is 9.88. The van der Waals surface area contributed by atoms with Crippen molar-refractivity contribution in [3.8, 4) is 17.2 Å². The monoisotopic (exact) mass is 579 g/mol. The number of carbonyl (C=O) groups excluding carboxylic acids is 1. The van der Waals surface area contributed by atoms with Gasteiger partial charge in [-0.1, -0.05) is 12.1 Å². The van der Waals surface area contributed by atoms with Crippen LogP contribution in [-0.2, 0) is 23.9 Å². The smallest absolute Gasteiger partial charge is 0.435 e. The number of ether oxygens (including phenoxy) is 3. The van der Waals surface area contributed by atoms with Crippen LogP contribution in [0.15, 0.2) is 66.7 Å². The van der Waals surface area contributed by atoms with Crippen molar-refractivity contribution in [2.75, 3.05) is 25.2 Å². The van der Waals surface area contributed by atoms with E-state index < -0.39 is 23.9 Å². The molecule has 216 valence electrons. The Morgan fingerprint density at radius 1 is 1.07 bits per heavy atom. The number of carboxylic acids is 1. The van der Waals surface area contributed by atoms with Crippen LogP contribution in [0.1, 0.15) is 49.3 Å². The number of aromatic nitrogens is 2. The number of anilines is 1. The molecule has 0 fully saturated rings. The molecule has 0 unspecified atom stereocenters. The highest BCUT2D eigenvalue weighted by Crippen LogP contribution is 2.40. The summed E-state index contributed by atoms with van der Waals surface area (Å²) in [5.41, 5.74) is 1.02. The second-order valence-electron chi connectivity index (χ2n) is 9.88. The number of alkyl halides is 3. The minimum Gasteiger partial charge on any atom is -0.493 e. The van der Waals surface area contributed by atoms with Crippen LogP contribution < -0.4 is 14.4 Å². The van der Waals surface area contributed by atoms with Crippen LogP contribution in [0.3, 0.4) is 0 Å². The lowest BCUT2D eigenvalue weighted by atomic mass is 10.1. The lowest BCUT2D eigenvalue weighted by Gasteiger charge is -2.26. The summed E-state index contributed by atoms with van der Waals surface area (Å²) in [5.74, 6) is -0.537. The molecule has 1 N–H and O–H groups in total. The number of carbonyl (C=O) groups is 2. The number of hydrogen-bond acceptors (Lipinski definition) is 6. The van der Waals surface area contributed by atoms with Crippen molar-refractivity contribution in [3.05, 3.63) is 100 Å². The van der Waals surface area contributed by atoms with Crippen molar-refractivity contribution >= 4 is 17.6 Å². The Morgan fingerprint density at radius 2 is 1.86 bits per heavy atom. The van der Waals surface area contributed by atoms with Gasteiger partial charge in [0, 0.05) is 36.3 Å². The van der Waals surface area contributed by atoms with Crippen molar-refractivity contribution < 1.29 is 42.1 Å². The Hall–Kier alpha value is -4.84. The van der Waals surface area contributed by atoms with Gasteiger partial charge in [-0.25, -0.2) is 9.48 Å². The van der Waals surface area contributed by atoms with E-state index in [9.17, 15) is 22.8 Å².